The van der Waals surface area contributed by atoms with Crippen LogP contribution in [0, 0.1) is 5.82 Å². The van der Waals surface area contributed by atoms with E-state index in [4.69, 9.17) is 4.74 Å². The summed E-state index contributed by atoms with van der Waals surface area (Å²) < 4.78 is 17.2. The summed E-state index contributed by atoms with van der Waals surface area (Å²) in [7, 11) is 0. The number of halogens is 1. The first-order valence-corrected chi connectivity index (χ1v) is 4.07. The zero-order valence-corrected chi connectivity index (χ0v) is 7.67. The van der Waals surface area contributed by atoms with E-state index in [0.29, 0.717) is 12.5 Å². The molecule has 0 aromatic carbocycles. The van der Waals surface area contributed by atoms with Crippen molar-refractivity contribution < 1.29 is 9.13 Å². The van der Waals surface area contributed by atoms with Crippen molar-refractivity contribution >= 4 is 0 Å². The van der Waals surface area contributed by atoms with Gasteiger partial charge in [0.2, 0.25) is 5.88 Å². The largest absolute Gasteiger partial charge is 0.478 e. The van der Waals surface area contributed by atoms with Crippen molar-refractivity contribution in [2.24, 2.45) is 0 Å². The minimum Gasteiger partial charge on any atom is -0.478 e. The summed E-state index contributed by atoms with van der Waals surface area (Å²) in [5, 5.41) is 0. The topological polar surface area (TPSA) is 22.1 Å². The Morgan fingerprint density at radius 2 is 2.08 bits per heavy atom. The Morgan fingerprint density at radius 3 is 2.50 bits per heavy atom. The van der Waals surface area contributed by atoms with Crippen LogP contribution in [0.5, 0.6) is 5.88 Å². The Morgan fingerprint density at radius 1 is 1.42 bits per heavy atom. The van der Waals surface area contributed by atoms with Gasteiger partial charge in [-0.1, -0.05) is 13.8 Å². The summed E-state index contributed by atoms with van der Waals surface area (Å²) in [6.07, 6.45) is 1.13. The van der Waals surface area contributed by atoms with E-state index in [9.17, 15) is 4.39 Å². The second kappa shape index (κ2) is 6.58. The summed E-state index contributed by atoms with van der Waals surface area (Å²) in [5.41, 5.74) is 0. The Balaban J connectivity index is 0.000000561. The fraction of sp³-hybridized carbons (Fsp3) is 0.444. The molecule has 0 radical (unpaired) electrons. The minimum absolute atomic E-state index is 0.344. The maximum absolute atomic E-state index is 12.2. The van der Waals surface area contributed by atoms with Crippen molar-refractivity contribution in [3.8, 4) is 5.88 Å². The quantitative estimate of drug-likeness (QED) is 0.682. The van der Waals surface area contributed by atoms with Crippen molar-refractivity contribution in [2.45, 2.75) is 20.8 Å². The first kappa shape index (κ1) is 10.9. The molecule has 0 unspecified atom stereocenters. The average molecular weight is 171 g/mol. The van der Waals surface area contributed by atoms with Crippen LogP contribution in [-0.2, 0) is 0 Å². The van der Waals surface area contributed by atoms with Crippen LogP contribution in [0.15, 0.2) is 18.3 Å². The molecule has 0 fully saturated rings. The van der Waals surface area contributed by atoms with E-state index in [1.165, 1.54) is 12.1 Å². The number of aromatic nitrogens is 1. The zero-order valence-electron chi connectivity index (χ0n) is 7.67. The van der Waals surface area contributed by atoms with Crippen LogP contribution in [0.1, 0.15) is 20.8 Å². The van der Waals surface area contributed by atoms with E-state index in [2.05, 4.69) is 4.98 Å². The number of hydrogen-bond acceptors (Lipinski definition) is 2. The van der Waals surface area contributed by atoms with Gasteiger partial charge in [-0.05, 0) is 13.0 Å². The Hall–Kier alpha value is -1.12. The number of pyridine rings is 1. The van der Waals surface area contributed by atoms with Crippen LogP contribution in [0.3, 0.4) is 0 Å². The van der Waals surface area contributed by atoms with Gasteiger partial charge in [-0.3, -0.25) is 0 Å². The van der Waals surface area contributed by atoms with E-state index in [-0.39, 0.29) is 5.82 Å². The number of nitrogens with zero attached hydrogens (tertiary/aromatic N) is 1. The van der Waals surface area contributed by atoms with E-state index >= 15 is 0 Å². The van der Waals surface area contributed by atoms with Gasteiger partial charge in [0.25, 0.3) is 0 Å². The van der Waals surface area contributed by atoms with Gasteiger partial charge in [-0.25, -0.2) is 9.37 Å². The third-order valence-electron chi connectivity index (χ3n) is 0.992. The van der Waals surface area contributed by atoms with Crippen molar-refractivity contribution in [1.29, 1.82) is 0 Å². The molecule has 3 heteroatoms. The van der Waals surface area contributed by atoms with Crippen LogP contribution in [-0.4, -0.2) is 11.6 Å². The molecule has 0 bridgehead atoms. The Kier molecular flexibility index (Phi) is 5.97. The van der Waals surface area contributed by atoms with Crippen LogP contribution in [0.4, 0.5) is 4.39 Å². The molecule has 68 valence electrons. The van der Waals surface area contributed by atoms with Gasteiger partial charge >= 0.3 is 0 Å². The molecule has 2 nitrogen and oxygen atoms in total. The van der Waals surface area contributed by atoms with Crippen LogP contribution >= 0.6 is 0 Å². The second-order valence-corrected chi connectivity index (χ2v) is 1.75. The third-order valence-corrected chi connectivity index (χ3v) is 0.992. The van der Waals surface area contributed by atoms with Crippen molar-refractivity contribution in [2.75, 3.05) is 6.61 Å². The van der Waals surface area contributed by atoms with Crippen molar-refractivity contribution in [3.63, 3.8) is 0 Å². The Labute approximate surface area is 72.4 Å². The summed E-state index contributed by atoms with van der Waals surface area (Å²) in [5.74, 6) is 0.118. The molecule has 0 spiro atoms. The van der Waals surface area contributed by atoms with Crippen LogP contribution < -0.4 is 4.74 Å². The molecule has 0 aliphatic carbocycles. The lowest BCUT2D eigenvalue weighted by molar-refractivity contribution is 0.325. The molecule has 0 saturated carbocycles. The van der Waals surface area contributed by atoms with E-state index in [1.54, 1.807) is 0 Å². The van der Waals surface area contributed by atoms with Crippen LogP contribution in [0.2, 0.25) is 0 Å². The molecular formula is C9H14FNO. The SMILES string of the molecule is CC.CCOc1ccc(F)cn1. The second-order valence-electron chi connectivity index (χ2n) is 1.75. The van der Waals surface area contributed by atoms with Gasteiger partial charge in [0.1, 0.15) is 5.82 Å². The molecule has 1 aromatic heterocycles. The zero-order chi connectivity index (χ0) is 9.40. The lowest BCUT2D eigenvalue weighted by atomic mass is 10.5. The van der Waals surface area contributed by atoms with E-state index in [0.717, 1.165) is 6.20 Å². The fourth-order valence-electron chi connectivity index (χ4n) is 0.596. The van der Waals surface area contributed by atoms with Gasteiger partial charge < -0.3 is 4.74 Å². The van der Waals surface area contributed by atoms with Gasteiger partial charge in [0, 0.05) is 6.07 Å². The van der Waals surface area contributed by atoms with E-state index in [1.807, 2.05) is 20.8 Å². The Bertz CT molecular complexity index is 198. The van der Waals surface area contributed by atoms with Crippen LogP contribution in [0.25, 0.3) is 0 Å². The highest BCUT2D eigenvalue weighted by molar-refractivity contribution is 5.10. The molecule has 12 heavy (non-hydrogen) atoms. The number of rotatable bonds is 2. The summed E-state index contributed by atoms with van der Waals surface area (Å²) in [6.45, 7) is 6.41. The molecule has 1 heterocycles. The standard InChI is InChI=1S/C7H8FNO.C2H6/c1-2-10-7-4-3-6(8)5-9-7;1-2/h3-5H,2H2,1H3;1-2H3. The maximum Gasteiger partial charge on any atom is 0.213 e. The predicted octanol–water partition coefficient (Wildman–Crippen LogP) is 2.65. The maximum atomic E-state index is 12.2. The molecule has 0 N–H and O–H groups in total. The molecule has 0 amide bonds. The fourth-order valence-corrected chi connectivity index (χ4v) is 0.596. The normalized spacial score (nSPS) is 8.33. The molecular weight excluding hydrogens is 157 g/mol. The highest BCUT2D eigenvalue weighted by Gasteiger charge is 1.92. The third kappa shape index (κ3) is 3.91. The van der Waals surface area contributed by atoms with E-state index < -0.39 is 0 Å². The lowest BCUT2D eigenvalue weighted by Crippen LogP contribution is -1.93. The van der Waals surface area contributed by atoms with Gasteiger partial charge in [-0.15, -0.1) is 0 Å². The summed E-state index contributed by atoms with van der Waals surface area (Å²) in [4.78, 5) is 3.67. The lowest BCUT2D eigenvalue weighted by Gasteiger charge is -1.98. The smallest absolute Gasteiger partial charge is 0.213 e. The van der Waals surface area contributed by atoms with Gasteiger partial charge in [0.15, 0.2) is 0 Å². The summed E-state index contributed by atoms with van der Waals surface area (Å²) in [6, 6.07) is 2.82. The molecule has 0 atom stereocenters. The molecule has 0 saturated heterocycles. The highest BCUT2D eigenvalue weighted by Crippen LogP contribution is 2.05. The highest BCUT2D eigenvalue weighted by atomic mass is 19.1. The summed E-state index contributed by atoms with van der Waals surface area (Å²) >= 11 is 0. The van der Waals surface area contributed by atoms with Gasteiger partial charge in [-0.2, -0.15) is 0 Å². The first-order chi connectivity index (χ1) is 5.83. The molecule has 0 aliphatic heterocycles. The van der Waals surface area contributed by atoms with Crippen molar-refractivity contribution in [3.05, 3.63) is 24.1 Å². The number of hydrogen-bond donors (Lipinski definition) is 0. The monoisotopic (exact) mass is 171 g/mol. The molecule has 0 aliphatic rings. The number of ether oxygens (including phenoxy) is 1. The minimum atomic E-state index is -0.344. The average Bonchev–Trinajstić information content (AvgIpc) is 2.13. The van der Waals surface area contributed by atoms with Gasteiger partial charge in [0.05, 0.1) is 12.8 Å². The molecule has 1 aromatic rings. The first-order valence-electron chi connectivity index (χ1n) is 4.07. The predicted molar refractivity (Wildman–Crippen MR) is 46.7 cm³/mol. The van der Waals surface area contributed by atoms with Crippen molar-refractivity contribution in [1.82, 2.24) is 4.98 Å². The molecule has 1 rings (SSSR count).